The number of aromatic nitrogens is 1. The first kappa shape index (κ1) is 16.1. The van der Waals surface area contributed by atoms with E-state index in [9.17, 15) is 0 Å². The van der Waals surface area contributed by atoms with Crippen molar-refractivity contribution < 1.29 is 0 Å². The van der Waals surface area contributed by atoms with Crippen molar-refractivity contribution in [2.45, 2.75) is 32.2 Å². The molecular formula is C20H21ClN2S. The van der Waals surface area contributed by atoms with Gasteiger partial charge in [-0.15, -0.1) is 11.3 Å². The summed E-state index contributed by atoms with van der Waals surface area (Å²) >= 11 is 7.85. The fraction of sp³-hybridized carbons (Fsp3) is 0.350. The van der Waals surface area contributed by atoms with Crippen LogP contribution in [0.1, 0.15) is 24.8 Å². The number of rotatable bonds is 4. The fourth-order valence-electron chi connectivity index (χ4n) is 3.53. The monoisotopic (exact) mass is 356 g/mol. The summed E-state index contributed by atoms with van der Waals surface area (Å²) in [5, 5.41) is 2.01. The highest BCUT2D eigenvalue weighted by Gasteiger charge is 2.20. The Bertz CT molecular complexity index is 840. The molecule has 24 heavy (non-hydrogen) atoms. The molecule has 3 aromatic rings. The summed E-state index contributed by atoms with van der Waals surface area (Å²) in [6, 6.07) is 15.2. The van der Waals surface area contributed by atoms with Gasteiger partial charge in [0.25, 0.3) is 0 Å². The van der Waals surface area contributed by atoms with Gasteiger partial charge < -0.3 is 4.90 Å². The predicted molar refractivity (Wildman–Crippen MR) is 104 cm³/mol. The molecule has 1 atom stereocenters. The maximum absolute atomic E-state index is 6.02. The van der Waals surface area contributed by atoms with Gasteiger partial charge in [0.1, 0.15) is 0 Å². The SMILES string of the molecule is CC1CCCN1CCc1nc2c(-c3ccc(Cl)cc3)cccc2s1. The van der Waals surface area contributed by atoms with Crippen molar-refractivity contribution in [3.05, 3.63) is 52.5 Å². The Hall–Kier alpha value is -1.42. The molecule has 0 saturated carbocycles. The number of likely N-dealkylation sites (tertiary alicyclic amines) is 1. The summed E-state index contributed by atoms with van der Waals surface area (Å²) in [6.45, 7) is 4.70. The molecule has 0 spiro atoms. The van der Waals surface area contributed by atoms with E-state index in [2.05, 4.69) is 42.2 Å². The van der Waals surface area contributed by atoms with E-state index in [0.29, 0.717) is 0 Å². The number of hydrogen-bond acceptors (Lipinski definition) is 3. The molecule has 124 valence electrons. The predicted octanol–water partition coefficient (Wildman–Crippen LogP) is 5.64. The number of benzene rings is 2. The Morgan fingerprint density at radius 1 is 1.21 bits per heavy atom. The van der Waals surface area contributed by atoms with Crippen LogP contribution < -0.4 is 0 Å². The standard InChI is InChI=1S/C20H21ClN2S/c1-14-4-3-12-23(14)13-11-19-22-20-17(5-2-6-18(20)24-19)15-7-9-16(21)10-8-15/h2,5-10,14H,3-4,11-13H2,1H3. The molecule has 1 fully saturated rings. The molecule has 2 heterocycles. The Labute approximate surface area is 152 Å². The Kier molecular flexibility index (Phi) is 4.57. The molecule has 2 nitrogen and oxygen atoms in total. The van der Waals surface area contributed by atoms with Crippen LogP contribution in [0.15, 0.2) is 42.5 Å². The van der Waals surface area contributed by atoms with Crippen LogP contribution in [-0.2, 0) is 6.42 Å². The van der Waals surface area contributed by atoms with Crippen LogP contribution in [0.3, 0.4) is 0 Å². The molecule has 2 aromatic carbocycles. The lowest BCUT2D eigenvalue weighted by atomic mass is 10.0. The average molecular weight is 357 g/mol. The van der Waals surface area contributed by atoms with E-state index in [-0.39, 0.29) is 0 Å². The van der Waals surface area contributed by atoms with Gasteiger partial charge in [-0.1, -0.05) is 35.9 Å². The lowest BCUT2D eigenvalue weighted by Gasteiger charge is -2.19. The van der Waals surface area contributed by atoms with E-state index in [1.54, 1.807) is 0 Å². The largest absolute Gasteiger partial charge is 0.300 e. The van der Waals surface area contributed by atoms with Crippen molar-refractivity contribution in [1.82, 2.24) is 9.88 Å². The molecule has 0 radical (unpaired) electrons. The molecule has 1 aliphatic rings. The summed E-state index contributed by atoms with van der Waals surface area (Å²) in [5.41, 5.74) is 3.49. The molecule has 4 rings (SSSR count). The van der Waals surface area contributed by atoms with Crippen molar-refractivity contribution in [1.29, 1.82) is 0 Å². The number of para-hydroxylation sites is 1. The molecule has 1 unspecified atom stereocenters. The third-order valence-electron chi connectivity index (χ3n) is 4.92. The maximum Gasteiger partial charge on any atom is 0.0951 e. The van der Waals surface area contributed by atoms with Gasteiger partial charge >= 0.3 is 0 Å². The van der Waals surface area contributed by atoms with Crippen LogP contribution >= 0.6 is 22.9 Å². The highest BCUT2D eigenvalue weighted by atomic mass is 35.5. The van der Waals surface area contributed by atoms with Gasteiger partial charge in [0.05, 0.1) is 15.2 Å². The first-order valence-electron chi connectivity index (χ1n) is 8.59. The summed E-state index contributed by atoms with van der Waals surface area (Å²) in [7, 11) is 0. The van der Waals surface area contributed by atoms with Crippen molar-refractivity contribution >= 4 is 33.2 Å². The van der Waals surface area contributed by atoms with Gasteiger partial charge in [0.2, 0.25) is 0 Å². The quantitative estimate of drug-likeness (QED) is 0.601. The van der Waals surface area contributed by atoms with E-state index < -0.39 is 0 Å². The van der Waals surface area contributed by atoms with Crippen LogP contribution in [0.25, 0.3) is 21.3 Å². The van der Waals surface area contributed by atoms with Gasteiger partial charge in [-0.05, 0) is 50.1 Å². The zero-order valence-corrected chi connectivity index (χ0v) is 15.4. The van der Waals surface area contributed by atoms with Crippen LogP contribution in [0.2, 0.25) is 5.02 Å². The van der Waals surface area contributed by atoms with Crippen molar-refractivity contribution in [2.24, 2.45) is 0 Å². The topological polar surface area (TPSA) is 16.1 Å². The summed E-state index contributed by atoms with van der Waals surface area (Å²) in [6.07, 6.45) is 3.71. The minimum atomic E-state index is 0.726. The van der Waals surface area contributed by atoms with Gasteiger partial charge in [-0.25, -0.2) is 4.98 Å². The zero-order chi connectivity index (χ0) is 16.5. The second kappa shape index (κ2) is 6.83. The van der Waals surface area contributed by atoms with Crippen LogP contribution in [0.5, 0.6) is 0 Å². The van der Waals surface area contributed by atoms with E-state index in [1.165, 1.54) is 40.2 Å². The van der Waals surface area contributed by atoms with Gasteiger partial charge in [0.15, 0.2) is 0 Å². The smallest absolute Gasteiger partial charge is 0.0951 e. The van der Waals surface area contributed by atoms with E-state index in [1.807, 2.05) is 23.5 Å². The molecule has 0 amide bonds. The van der Waals surface area contributed by atoms with E-state index >= 15 is 0 Å². The molecular weight excluding hydrogens is 336 g/mol. The number of nitrogens with zero attached hydrogens (tertiary/aromatic N) is 2. The number of hydrogen-bond donors (Lipinski definition) is 0. The molecule has 4 heteroatoms. The lowest BCUT2D eigenvalue weighted by molar-refractivity contribution is 0.272. The minimum absolute atomic E-state index is 0.726. The normalized spacial score (nSPS) is 18.5. The molecule has 1 aliphatic heterocycles. The van der Waals surface area contributed by atoms with Gasteiger partial charge in [0, 0.05) is 29.6 Å². The first-order valence-corrected chi connectivity index (χ1v) is 9.78. The summed E-state index contributed by atoms with van der Waals surface area (Å²) in [5.74, 6) is 0. The highest BCUT2D eigenvalue weighted by molar-refractivity contribution is 7.18. The van der Waals surface area contributed by atoms with Gasteiger partial charge in [-0.2, -0.15) is 0 Å². The molecule has 0 N–H and O–H groups in total. The van der Waals surface area contributed by atoms with E-state index in [4.69, 9.17) is 16.6 Å². The maximum atomic E-state index is 6.02. The Morgan fingerprint density at radius 3 is 2.79 bits per heavy atom. The second-order valence-corrected chi connectivity index (χ2v) is 8.10. The van der Waals surface area contributed by atoms with Crippen molar-refractivity contribution in [3.8, 4) is 11.1 Å². The second-order valence-electron chi connectivity index (χ2n) is 6.54. The van der Waals surface area contributed by atoms with Crippen molar-refractivity contribution in [2.75, 3.05) is 13.1 Å². The number of halogens is 1. The van der Waals surface area contributed by atoms with Gasteiger partial charge in [-0.3, -0.25) is 0 Å². The Balaban J connectivity index is 1.60. The van der Waals surface area contributed by atoms with Crippen LogP contribution in [-0.4, -0.2) is 29.0 Å². The summed E-state index contributed by atoms with van der Waals surface area (Å²) < 4.78 is 1.27. The number of fused-ring (bicyclic) bond motifs is 1. The lowest BCUT2D eigenvalue weighted by Crippen LogP contribution is -2.28. The zero-order valence-electron chi connectivity index (χ0n) is 13.8. The molecule has 0 aliphatic carbocycles. The first-order chi connectivity index (χ1) is 11.7. The fourth-order valence-corrected chi connectivity index (χ4v) is 4.64. The molecule has 1 saturated heterocycles. The third kappa shape index (κ3) is 3.21. The molecule has 1 aromatic heterocycles. The average Bonchev–Trinajstić information content (AvgIpc) is 3.19. The third-order valence-corrected chi connectivity index (χ3v) is 6.25. The Morgan fingerprint density at radius 2 is 2.04 bits per heavy atom. The minimum Gasteiger partial charge on any atom is -0.300 e. The number of thiazole rings is 1. The van der Waals surface area contributed by atoms with Crippen LogP contribution in [0.4, 0.5) is 0 Å². The molecule has 0 bridgehead atoms. The van der Waals surface area contributed by atoms with Crippen LogP contribution in [0, 0.1) is 0 Å². The van der Waals surface area contributed by atoms with E-state index in [0.717, 1.165) is 29.5 Å². The summed E-state index contributed by atoms with van der Waals surface area (Å²) in [4.78, 5) is 7.55. The highest BCUT2D eigenvalue weighted by Crippen LogP contribution is 2.32. The van der Waals surface area contributed by atoms with Crippen molar-refractivity contribution in [3.63, 3.8) is 0 Å².